The molecule has 0 aromatic heterocycles. The molecule has 1 unspecified atom stereocenters. The fourth-order valence-corrected chi connectivity index (χ4v) is 3.92. The first-order valence-corrected chi connectivity index (χ1v) is 5.35. The minimum atomic E-state index is -2.75. The molecule has 0 aromatic rings. The Balaban J connectivity index is 2.86. The maximum Gasteiger partial charge on any atom is 0.164 e. The van der Waals surface area contributed by atoms with Gasteiger partial charge in [-0.15, -0.1) is 0 Å². The maximum absolute atomic E-state index is 10.8. The van der Waals surface area contributed by atoms with E-state index in [0.717, 1.165) is 0 Å². The van der Waals surface area contributed by atoms with Gasteiger partial charge in [0.05, 0.1) is 5.75 Å². The summed E-state index contributed by atoms with van der Waals surface area (Å²) in [5, 5.41) is 0. The summed E-state index contributed by atoms with van der Waals surface area (Å²) in [5.74, 6) is 0.315. The van der Waals surface area contributed by atoms with Crippen LogP contribution >= 0.6 is 15.9 Å². The van der Waals surface area contributed by atoms with Crippen LogP contribution in [0.2, 0.25) is 0 Å². The average Bonchev–Trinajstić information content (AvgIpc) is 1.63. The average molecular weight is 213 g/mol. The molecule has 4 heteroatoms. The Morgan fingerprint density at radius 2 is 2.00 bits per heavy atom. The van der Waals surface area contributed by atoms with Crippen molar-refractivity contribution in [3.8, 4) is 0 Å². The Kier molecular flexibility index (Phi) is 1.44. The van der Waals surface area contributed by atoms with E-state index in [0.29, 0.717) is 5.75 Å². The normalized spacial score (nSPS) is 37.4. The van der Waals surface area contributed by atoms with Gasteiger partial charge in [0.2, 0.25) is 0 Å². The summed E-state index contributed by atoms with van der Waals surface area (Å²) in [6.07, 6.45) is 0. The van der Waals surface area contributed by atoms with E-state index in [-0.39, 0.29) is 9.57 Å². The molecule has 0 amide bonds. The third kappa shape index (κ3) is 1.03. The van der Waals surface area contributed by atoms with Crippen LogP contribution in [0.1, 0.15) is 13.8 Å². The first-order chi connectivity index (χ1) is 3.86. The van der Waals surface area contributed by atoms with Crippen LogP contribution in [0.5, 0.6) is 0 Å². The molecule has 0 bridgehead atoms. The number of alkyl halides is 1. The standard InChI is InChI=1S/C5H9BrO2S/c1-5(2)3-9(7,8)4(5)6/h4H,3H2,1-2H3. The quantitative estimate of drug-likeness (QED) is 0.566. The molecule has 0 N–H and O–H groups in total. The monoisotopic (exact) mass is 212 g/mol. The molecule has 0 aliphatic carbocycles. The Morgan fingerprint density at radius 3 is 2.00 bits per heavy atom. The smallest absolute Gasteiger partial charge is 0.164 e. The van der Waals surface area contributed by atoms with Crippen LogP contribution < -0.4 is 0 Å². The number of hydrogen-bond acceptors (Lipinski definition) is 2. The number of hydrogen-bond donors (Lipinski definition) is 0. The summed E-state index contributed by atoms with van der Waals surface area (Å²) in [5.41, 5.74) is -0.0567. The van der Waals surface area contributed by atoms with Crippen LogP contribution in [-0.4, -0.2) is 18.3 Å². The molecule has 9 heavy (non-hydrogen) atoms. The van der Waals surface area contributed by atoms with Gasteiger partial charge < -0.3 is 0 Å². The van der Waals surface area contributed by atoms with E-state index < -0.39 is 9.84 Å². The van der Waals surface area contributed by atoms with Gasteiger partial charge in [-0.05, 0) is 0 Å². The molecule has 0 aromatic carbocycles. The van der Waals surface area contributed by atoms with E-state index in [1.807, 2.05) is 13.8 Å². The zero-order valence-corrected chi connectivity index (χ0v) is 7.79. The lowest BCUT2D eigenvalue weighted by Gasteiger charge is -2.39. The van der Waals surface area contributed by atoms with Gasteiger partial charge in [-0.25, -0.2) is 8.42 Å². The van der Waals surface area contributed by atoms with E-state index in [2.05, 4.69) is 15.9 Å². The lowest BCUT2D eigenvalue weighted by Crippen LogP contribution is -2.50. The van der Waals surface area contributed by atoms with Crippen molar-refractivity contribution in [2.24, 2.45) is 5.41 Å². The van der Waals surface area contributed by atoms with Gasteiger partial charge in [-0.3, -0.25) is 0 Å². The van der Waals surface area contributed by atoms with Crippen molar-refractivity contribution in [1.29, 1.82) is 0 Å². The van der Waals surface area contributed by atoms with Crippen LogP contribution in [0.25, 0.3) is 0 Å². The molecule has 2 nitrogen and oxygen atoms in total. The second-order valence-corrected chi connectivity index (χ2v) is 6.72. The van der Waals surface area contributed by atoms with Gasteiger partial charge >= 0.3 is 0 Å². The van der Waals surface area contributed by atoms with E-state index >= 15 is 0 Å². The van der Waals surface area contributed by atoms with Gasteiger partial charge in [0, 0.05) is 5.41 Å². The Morgan fingerprint density at radius 1 is 1.56 bits per heavy atom. The second kappa shape index (κ2) is 1.72. The number of sulfone groups is 1. The van der Waals surface area contributed by atoms with Crippen molar-refractivity contribution in [1.82, 2.24) is 0 Å². The molecular weight excluding hydrogens is 204 g/mol. The van der Waals surface area contributed by atoms with Crippen molar-refractivity contribution in [2.75, 3.05) is 5.75 Å². The van der Waals surface area contributed by atoms with Gasteiger partial charge in [-0.1, -0.05) is 29.8 Å². The molecule has 54 valence electrons. The maximum atomic E-state index is 10.8. The minimum Gasteiger partial charge on any atom is -0.228 e. The van der Waals surface area contributed by atoms with E-state index in [1.165, 1.54) is 0 Å². The zero-order chi connectivity index (χ0) is 7.28. The molecular formula is C5H9BrO2S. The Labute approximate surface area is 63.7 Å². The van der Waals surface area contributed by atoms with Gasteiger partial charge in [-0.2, -0.15) is 0 Å². The number of halogens is 1. The van der Waals surface area contributed by atoms with Gasteiger partial charge in [0.1, 0.15) is 4.16 Å². The molecule has 1 aliphatic rings. The van der Waals surface area contributed by atoms with Crippen molar-refractivity contribution in [2.45, 2.75) is 18.0 Å². The molecule has 0 spiro atoms. The van der Waals surface area contributed by atoms with E-state index in [4.69, 9.17) is 0 Å². The molecule has 1 fully saturated rings. The highest BCUT2D eigenvalue weighted by Crippen LogP contribution is 2.43. The fraction of sp³-hybridized carbons (Fsp3) is 1.00. The summed E-state index contributed by atoms with van der Waals surface area (Å²) in [6.45, 7) is 3.88. The largest absolute Gasteiger partial charge is 0.228 e. The molecule has 1 rings (SSSR count). The zero-order valence-electron chi connectivity index (χ0n) is 5.39. The van der Waals surface area contributed by atoms with Crippen molar-refractivity contribution < 1.29 is 8.42 Å². The summed E-state index contributed by atoms with van der Waals surface area (Å²) in [6, 6.07) is 0. The highest BCUT2D eigenvalue weighted by molar-refractivity contribution is 9.11. The minimum absolute atomic E-state index is 0.0567. The first-order valence-electron chi connectivity index (χ1n) is 2.72. The molecule has 0 saturated carbocycles. The third-order valence-electron chi connectivity index (χ3n) is 1.50. The van der Waals surface area contributed by atoms with Crippen molar-refractivity contribution >= 4 is 25.8 Å². The predicted octanol–water partition coefficient (Wildman–Crippen LogP) is 1.16. The van der Waals surface area contributed by atoms with Gasteiger partial charge in [0.15, 0.2) is 9.84 Å². The third-order valence-corrected chi connectivity index (χ3v) is 6.87. The van der Waals surface area contributed by atoms with Crippen molar-refractivity contribution in [3.63, 3.8) is 0 Å². The van der Waals surface area contributed by atoms with Crippen LogP contribution in [-0.2, 0) is 9.84 Å². The van der Waals surface area contributed by atoms with Crippen LogP contribution in [0.3, 0.4) is 0 Å². The molecule has 1 heterocycles. The van der Waals surface area contributed by atoms with Crippen LogP contribution in [0, 0.1) is 5.41 Å². The van der Waals surface area contributed by atoms with E-state index in [9.17, 15) is 8.42 Å². The highest BCUT2D eigenvalue weighted by atomic mass is 79.9. The van der Waals surface area contributed by atoms with E-state index in [1.54, 1.807) is 0 Å². The summed E-state index contributed by atoms with van der Waals surface area (Å²) in [7, 11) is -2.75. The topological polar surface area (TPSA) is 34.1 Å². The van der Waals surface area contributed by atoms with Crippen molar-refractivity contribution in [3.05, 3.63) is 0 Å². The summed E-state index contributed by atoms with van der Waals surface area (Å²) < 4.78 is 21.3. The first kappa shape index (κ1) is 7.54. The lowest BCUT2D eigenvalue weighted by atomic mass is 9.99. The SMILES string of the molecule is CC1(C)CS(=O)(=O)C1Br. The fourth-order valence-electron chi connectivity index (χ4n) is 1.04. The molecule has 1 aliphatic heterocycles. The Bertz CT molecular complexity index is 217. The van der Waals surface area contributed by atoms with Crippen LogP contribution in [0.15, 0.2) is 0 Å². The summed E-state index contributed by atoms with van der Waals surface area (Å²) in [4.78, 5) is 0. The predicted molar refractivity (Wildman–Crippen MR) is 40.3 cm³/mol. The van der Waals surface area contributed by atoms with Crippen LogP contribution in [0.4, 0.5) is 0 Å². The lowest BCUT2D eigenvalue weighted by molar-refractivity contribution is 0.395. The molecule has 0 radical (unpaired) electrons. The second-order valence-electron chi connectivity index (χ2n) is 3.11. The molecule has 1 atom stereocenters. The number of rotatable bonds is 0. The van der Waals surface area contributed by atoms with Gasteiger partial charge in [0.25, 0.3) is 0 Å². The molecule has 1 saturated heterocycles. The highest BCUT2D eigenvalue weighted by Gasteiger charge is 2.50. The Hall–Kier alpha value is 0.430. The summed E-state index contributed by atoms with van der Waals surface area (Å²) >= 11 is 3.12.